The average molecular weight is 523 g/mol. The average Bonchev–Trinajstić information content (AvgIpc) is 2.74. The molecule has 0 unspecified atom stereocenters. The van der Waals surface area contributed by atoms with Crippen LogP contribution in [0.15, 0.2) is 30.3 Å². The Hall–Kier alpha value is -0.956. The van der Waals surface area contributed by atoms with E-state index in [1.807, 2.05) is 30.3 Å². The van der Waals surface area contributed by atoms with E-state index in [0.717, 1.165) is 19.3 Å². The number of benzene rings is 1. The van der Waals surface area contributed by atoms with Gasteiger partial charge in [-0.25, -0.2) is 4.79 Å². The van der Waals surface area contributed by atoms with Crippen LogP contribution in [-0.2, 0) is 13.6 Å². The minimum atomic E-state index is -2.12. The second kappa shape index (κ2) is 13.5. The lowest BCUT2D eigenvalue weighted by molar-refractivity contribution is -0.0332. The summed E-state index contributed by atoms with van der Waals surface area (Å²) in [6, 6.07) is 9.30. The van der Waals surface area contributed by atoms with Crippen molar-refractivity contribution in [2.24, 2.45) is 0 Å². The molecule has 0 heterocycles. The van der Waals surface area contributed by atoms with Gasteiger partial charge in [-0.3, -0.25) is 0 Å². The summed E-state index contributed by atoms with van der Waals surface area (Å²) in [4.78, 5) is 13.1. The fourth-order valence-electron chi connectivity index (χ4n) is 3.33. The molecule has 0 aliphatic rings. The van der Waals surface area contributed by atoms with Crippen LogP contribution in [0.4, 0.5) is 0 Å². The Morgan fingerprint density at radius 2 is 1.34 bits per heavy atom. The van der Waals surface area contributed by atoms with Crippen LogP contribution in [-0.4, -0.2) is 41.4 Å². The number of hydrogen-bond donors (Lipinski definition) is 0. The molecule has 1 aromatic carbocycles. The van der Waals surface area contributed by atoms with Gasteiger partial charge in [0.05, 0.1) is 12.2 Å². The topological polar surface area (TPSA) is 44.8 Å². The molecule has 0 saturated heterocycles. The number of hydrogen-bond acceptors (Lipinski definition) is 4. The highest BCUT2D eigenvalue weighted by Crippen LogP contribution is 2.40. The van der Waals surface area contributed by atoms with E-state index in [4.69, 9.17) is 13.6 Å². The Balaban J connectivity index is 3.22. The molecule has 1 rings (SSSR count). The molecule has 4 nitrogen and oxygen atoms in total. The Morgan fingerprint density at radius 3 is 1.86 bits per heavy atom. The molecular formula is C29H54O4Si2. The monoisotopic (exact) mass is 522 g/mol. The van der Waals surface area contributed by atoms with E-state index in [1.54, 1.807) is 0 Å². The van der Waals surface area contributed by atoms with Crippen molar-refractivity contribution in [1.82, 2.24) is 0 Å². The summed E-state index contributed by atoms with van der Waals surface area (Å²) in [5, 5.41) is 0.155. The van der Waals surface area contributed by atoms with Crippen LogP contribution in [0.2, 0.25) is 36.3 Å². The number of unbranched alkanes of at least 4 members (excludes halogenated alkanes) is 4. The second-order valence-electron chi connectivity index (χ2n) is 13.0. The van der Waals surface area contributed by atoms with Crippen molar-refractivity contribution < 1.29 is 18.4 Å². The van der Waals surface area contributed by atoms with Gasteiger partial charge >= 0.3 is 5.97 Å². The van der Waals surface area contributed by atoms with Gasteiger partial charge in [-0.05, 0) is 61.2 Å². The van der Waals surface area contributed by atoms with Gasteiger partial charge in [0.25, 0.3) is 0 Å². The molecule has 0 aliphatic heterocycles. The molecule has 0 radical (unpaired) electrons. The highest BCUT2D eigenvalue weighted by molar-refractivity contribution is 6.74. The zero-order valence-corrected chi connectivity index (χ0v) is 26.6. The molecule has 0 bridgehead atoms. The van der Waals surface area contributed by atoms with Crippen molar-refractivity contribution in [3.05, 3.63) is 35.9 Å². The van der Waals surface area contributed by atoms with Crippen molar-refractivity contribution in [1.29, 1.82) is 0 Å². The van der Waals surface area contributed by atoms with Gasteiger partial charge in [0.1, 0.15) is 12.2 Å². The zero-order valence-electron chi connectivity index (χ0n) is 24.6. The van der Waals surface area contributed by atoms with Crippen LogP contribution < -0.4 is 0 Å². The molecule has 0 aromatic heterocycles. The SMILES string of the molecule is CCCCCCC[C@@H](OC(=O)c1ccccc1)[C@H](CO[Si](C)(C)C(C)(C)C)O[Si](C)(C)C(C)(C)C. The molecular weight excluding hydrogens is 468 g/mol. The Kier molecular flexibility index (Phi) is 12.4. The third-order valence-corrected chi connectivity index (χ3v) is 16.9. The lowest BCUT2D eigenvalue weighted by Crippen LogP contribution is -2.51. The summed E-state index contributed by atoms with van der Waals surface area (Å²) in [5.41, 5.74) is 0.583. The van der Waals surface area contributed by atoms with E-state index in [0.29, 0.717) is 12.2 Å². The maximum atomic E-state index is 13.1. The van der Waals surface area contributed by atoms with Crippen LogP contribution >= 0.6 is 0 Å². The van der Waals surface area contributed by atoms with E-state index < -0.39 is 16.6 Å². The first-order valence-electron chi connectivity index (χ1n) is 13.6. The van der Waals surface area contributed by atoms with Crippen LogP contribution in [0.1, 0.15) is 97.3 Å². The summed E-state index contributed by atoms with van der Waals surface area (Å²) < 4.78 is 19.8. The summed E-state index contributed by atoms with van der Waals surface area (Å²) in [6.45, 7) is 25.3. The Morgan fingerprint density at radius 1 is 0.800 bits per heavy atom. The first kappa shape index (κ1) is 32.1. The molecule has 0 aliphatic carbocycles. The largest absolute Gasteiger partial charge is 0.456 e. The third kappa shape index (κ3) is 10.5. The normalized spacial score (nSPS) is 15.1. The van der Waals surface area contributed by atoms with Crippen molar-refractivity contribution in [2.75, 3.05) is 6.61 Å². The first-order valence-corrected chi connectivity index (χ1v) is 19.4. The summed E-state index contributed by atoms with van der Waals surface area (Å²) in [6.07, 6.45) is 6.02. The standard InChI is InChI=1S/C29H54O4Si2/c1-12-13-14-15-19-22-25(32-27(30)24-20-17-16-18-21-24)26(33-35(10,11)29(5,6)7)23-31-34(8,9)28(2,3)4/h16-18,20-21,25-26H,12-15,19,22-23H2,1-11H3/t25-,26+/m1/s1. The fraction of sp³-hybridized carbons (Fsp3) is 0.759. The summed E-state index contributed by atoms with van der Waals surface area (Å²) >= 11 is 0. The number of esters is 1. The summed E-state index contributed by atoms with van der Waals surface area (Å²) in [5.74, 6) is -0.277. The van der Waals surface area contributed by atoms with Gasteiger partial charge in [-0.2, -0.15) is 0 Å². The van der Waals surface area contributed by atoms with E-state index in [2.05, 4.69) is 74.7 Å². The molecule has 6 heteroatoms. The molecule has 0 fully saturated rings. The molecule has 0 spiro atoms. The Bertz CT molecular complexity index is 748. The number of carbonyl (C=O) groups excluding carboxylic acids is 1. The van der Waals surface area contributed by atoms with Gasteiger partial charge in [0.15, 0.2) is 16.6 Å². The first-order chi connectivity index (χ1) is 16.0. The smallest absolute Gasteiger partial charge is 0.338 e. The molecule has 35 heavy (non-hydrogen) atoms. The third-order valence-electron chi connectivity index (χ3n) is 7.94. The lowest BCUT2D eigenvalue weighted by Gasteiger charge is -2.43. The van der Waals surface area contributed by atoms with Crippen molar-refractivity contribution in [3.8, 4) is 0 Å². The predicted molar refractivity (Wildman–Crippen MR) is 154 cm³/mol. The van der Waals surface area contributed by atoms with E-state index >= 15 is 0 Å². The van der Waals surface area contributed by atoms with E-state index in [-0.39, 0.29) is 28.3 Å². The number of rotatable bonds is 14. The molecule has 0 amide bonds. The van der Waals surface area contributed by atoms with Gasteiger partial charge in [-0.1, -0.05) is 92.3 Å². The van der Waals surface area contributed by atoms with Crippen LogP contribution in [0.3, 0.4) is 0 Å². The number of ether oxygens (including phenoxy) is 1. The van der Waals surface area contributed by atoms with E-state index in [9.17, 15) is 4.79 Å². The van der Waals surface area contributed by atoms with Gasteiger partial charge < -0.3 is 13.6 Å². The number of carbonyl (C=O) groups is 1. The predicted octanol–water partition coefficient (Wildman–Crippen LogP) is 8.98. The van der Waals surface area contributed by atoms with E-state index in [1.165, 1.54) is 19.3 Å². The quantitative estimate of drug-likeness (QED) is 0.139. The molecule has 202 valence electrons. The maximum absolute atomic E-state index is 13.1. The molecule has 2 atom stereocenters. The zero-order chi connectivity index (χ0) is 26.9. The second-order valence-corrected chi connectivity index (χ2v) is 22.6. The van der Waals surface area contributed by atoms with Crippen molar-refractivity contribution in [2.45, 2.75) is 135 Å². The van der Waals surface area contributed by atoms with Crippen LogP contribution in [0.25, 0.3) is 0 Å². The highest BCUT2D eigenvalue weighted by atomic mass is 28.4. The van der Waals surface area contributed by atoms with Crippen molar-refractivity contribution >= 4 is 22.6 Å². The van der Waals surface area contributed by atoms with Gasteiger partial charge in [0.2, 0.25) is 0 Å². The molecule has 0 N–H and O–H groups in total. The summed E-state index contributed by atoms with van der Waals surface area (Å²) in [7, 11) is -4.11. The maximum Gasteiger partial charge on any atom is 0.338 e. The van der Waals surface area contributed by atoms with Crippen LogP contribution in [0, 0.1) is 0 Å². The lowest BCUT2D eigenvalue weighted by atomic mass is 10.0. The van der Waals surface area contributed by atoms with Gasteiger partial charge in [-0.15, -0.1) is 0 Å². The van der Waals surface area contributed by atoms with Crippen LogP contribution in [0.5, 0.6) is 0 Å². The molecule has 1 aromatic rings. The van der Waals surface area contributed by atoms with Crippen molar-refractivity contribution in [3.63, 3.8) is 0 Å². The highest BCUT2D eigenvalue weighted by Gasteiger charge is 2.43. The van der Waals surface area contributed by atoms with Gasteiger partial charge in [0, 0.05) is 0 Å². The minimum Gasteiger partial charge on any atom is -0.456 e. The Labute approximate surface area is 218 Å². The fourth-order valence-corrected chi connectivity index (χ4v) is 5.67. The minimum absolute atomic E-state index is 0.0529. The molecule has 0 saturated carbocycles.